The molecule has 0 aliphatic carbocycles. The summed E-state index contributed by atoms with van der Waals surface area (Å²) in [4.78, 5) is 9.94. The number of aromatic amines is 1. The predicted octanol–water partition coefficient (Wildman–Crippen LogP) is 3.44. The van der Waals surface area contributed by atoms with E-state index in [-0.39, 0.29) is 5.69 Å². The number of halogens is 2. The highest BCUT2D eigenvalue weighted by molar-refractivity contribution is 5.69. The average Bonchev–Trinajstić information content (AvgIpc) is 3.46. The van der Waals surface area contributed by atoms with E-state index in [1.165, 1.54) is 23.0 Å². The number of pyridine rings is 1. The standard InChI is InChI=1S/C21H18F2N6O/c22-16-2-1-3-18(20(16)23)29-13-26-27-21(29)15-10-17(24-12-15)14-4-5-19(25-11-14)28-6-8-30-9-7-28/h1-5,10-13,24H,6-9H2. The van der Waals surface area contributed by atoms with Crippen LogP contribution in [-0.2, 0) is 4.74 Å². The van der Waals surface area contributed by atoms with Gasteiger partial charge >= 0.3 is 0 Å². The van der Waals surface area contributed by atoms with Gasteiger partial charge in [0.2, 0.25) is 0 Å². The van der Waals surface area contributed by atoms with Gasteiger partial charge in [0, 0.05) is 42.3 Å². The smallest absolute Gasteiger partial charge is 0.182 e. The second-order valence-corrected chi connectivity index (χ2v) is 6.90. The van der Waals surface area contributed by atoms with Gasteiger partial charge in [0.15, 0.2) is 17.5 Å². The summed E-state index contributed by atoms with van der Waals surface area (Å²) in [6.07, 6.45) is 4.92. The minimum Gasteiger partial charge on any atom is -0.378 e. The van der Waals surface area contributed by atoms with E-state index >= 15 is 0 Å². The largest absolute Gasteiger partial charge is 0.378 e. The van der Waals surface area contributed by atoms with Crippen molar-refractivity contribution in [2.75, 3.05) is 31.2 Å². The molecule has 0 bridgehead atoms. The molecule has 5 rings (SSSR count). The van der Waals surface area contributed by atoms with Crippen molar-refractivity contribution in [3.8, 4) is 28.3 Å². The Balaban J connectivity index is 1.43. The van der Waals surface area contributed by atoms with Crippen molar-refractivity contribution in [3.05, 3.63) is 66.8 Å². The number of morpholine rings is 1. The van der Waals surface area contributed by atoms with Crippen molar-refractivity contribution in [3.63, 3.8) is 0 Å². The summed E-state index contributed by atoms with van der Waals surface area (Å²) in [5.74, 6) is -0.555. The van der Waals surface area contributed by atoms with Gasteiger partial charge in [-0.1, -0.05) is 6.07 Å². The van der Waals surface area contributed by atoms with Crippen LogP contribution < -0.4 is 4.90 Å². The van der Waals surface area contributed by atoms with Gasteiger partial charge in [0.1, 0.15) is 12.1 Å². The molecule has 0 radical (unpaired) electrons. The van der Waals surface area contributed by atoms with E-state index < -0.39 is 11.6 Å². The van der Waals surface area contributed by atoms with Crippen molar-refractivity contribution in [2.24, 2.45) is 0 Å². The van der Waals surface area contributed by atoms with E-state index in [1.54, 1.807) is 12.4 Å². The fourth-order valence-corrected chi connectivity index (χ4v) is 3.50. The molecule has 1 saturated heterocycles. The molecule has 1 aromatic carbocycles. The number of ether oxygens (including phenoxy) is 1. The summed E-state index contributed by atoms with van der Waals surface area (Å²) in [6.45, 7) is 3.06. The first kappa shape index (κ1) is 18.4. The molecule has 0 spiro atoms. The third kappa shape index (κ3) is 3.33. The number of aromatic nitrogens is 5. The molecule has 4 aromatic rings. The van der Waals surface area contributed by atoms with Crippen LogP contribution in [-0.4, -0.2) is 51.0 Å². The Hall–Kier alpha value is -3.59. The molecule has 30 heavy (non-hydrogen) atoms. The van der Waals surface area contributed by atoms with Crippen LogP contribution in [0.1, 0.15) is 0 Å². The van der Waals surface area contributed by atoms with E-state index in [4.69, 9.17) is 4.74 Å². The zero-order valence-corrected chi connectivity index (χ0v) is 15.9. The highest BCUT2D eigenvalue weighted by Gasteiger charge is 2.17. The van der Waals surface area contributed by atoms with E-state index in [9.17, 15) is 8.78 Å². The molecular weight excluding hydrogens is 390 g/mol. The van der Waals surface area contributed by atoms with Crippen LogP contribution >= 0.6 is 0 Å². The van der Waals surface area contributed by atoms with Crippen molar-refractivity contribution in [1.82, 2.24) is 24.7 Å². The number of benzene rings is 1. The second-order valence-electron chi connectivity index (χ2n) is 6.90. The quantitative estimate of drug-likeness (QED) is 0.560. The van der Waals surface area contributed by atoms with Crippen LogP contribution in [0.3, 0.4) is 0 Å². The zero-order chi connectivity index (χ0) is 20.5. The summed E-state index contributed by atoms with van der Waals surface area (Å²) in [7, 11) is 0. The Kier molecular flexibility index (Phi) is 4.72. The number of H-pyrrole nitrogens is 1. The van der Waals surface area contributed by atoms with Gasteiger partial charge in [0.05, 0.1) is 18.9 Å². The van der Waals surface area contributed by atoms with Gasteiger partial charge in [0.25, 0.3) is 0 Å². The summed E-state index contributed by atoms with van der Waals surface area (Å²) < 4.78 is 34.7. The Labute approximate surface area is 171 Å². The second kappa shape index (κ2) is 7.68. The van der Waals surface area contributed by atoms with Crippen LogP contribution in [0.2, 0.25) is 0 Å². The lowest BCUT2D eigenvalue weighted by atomic mass is 10.2. The van der Waals surface area contributed by atoms with Gasteiger partial charge in [-0.2, -0.15) is 0 Å². The Morgan fingerprint density at radius 2 is 1.90 bits per heavy atom. The zero-order valence-electron chi connectivity index (χ0n) is 15.9. The lowest BCUT2D eigenvalue weighted by molar-refractivity contribution is 0.122. The van der Waals surface area contributed by atoms with Gasteiger partial charge in [-0.15, -0.1) is 10.2 Å². The molecule has 4 heterocycles. The van der Waals surface area contributed by atoms with Gasteiger partial charge < -0.3 is 14.6 Å². The number of hydrogen-bond donors (Lipinski definition) is 1. The fraction of sp³-hybridized carbons (Fsp3) is 0.190. The summed E-state index contributed by atoms with van der Waals surface area (Å²) in [5, 5.41) is 7.96. The maximum Gasteiger partial charge on any atom is 0.182 e. The van der Waals surface area contributed by atoms with Gasteiger partial charge in [-0.3, -0.25) is 4.57 Å². The van der Waals surface area contributed by atoms with E-state index in [0.717, 1.165) is 36.2 Å². The topological polar surface area (TPSA) is 71.9 Å². The van der Waals surface area contributed by atoms with Crippen LogP contribution in [0.15, 0.2) is 55.1 Å². The molecule has 1 aliphatic rings. The van der Waals surface area contributed by atoms with Crippen molar-refractivity contribution in [2.45, 2.75) is 0 Å². The highest BCUT2D eigenvalue weighted by Crippen LogP contribution is 2.28. The Morgan fingerprint density at radius 1 is 1.03 bits per heavy atom. The van der Waals surface area contributed by atoms with Crippen molar-refractivity contribution < 1.29 is 13.5 Å². The lowest BCUT2D eigenvalue weighted by Gasteiger charge is -2.27. The van der Waals surface area contributed by atoms with E-state index in [1.807, 2.05) is 18.2 Å². The number of anilines is 1. The first-order valence-corrected chi connectivity index (χ1v) is 9.53. The molecule has 0 unspecified atom stereocenters. The maximum atomic E-state index is 14.2. The fourth-order valence-electron chi connectivity index (χ4n) is 3.50. The van der Waals surface area contributed by atoms with E-state index in [0.29, 0.717) is 24.6 Å². The third-order valence-electron chi connectivity index (χ3n) is 5.07. The minimum absolute atomic E-state index is 0.0503. The van der Waals surface area contributed by atoms with Crippen LogP contribution in [0.5, 0.6) is 0 Å². The molecular formula is C21H18F2N6O. The molecule has 0 amide bonds. The SMILES string of the molecule is Fc1cccc(-n2cnnc2-c2c[nH]c(-c3ccc(N4CCOCC4)nc3)c2)c1F. The molecule has 7 nitrogen and oxygen atoms in total. The normalized spacial score (nSPS) is 14.3. The molecule has 3 aromatic heterocycles. The number of rotatable bonds is 4. The predicted molar refractivity (Wildman–Crippen MR) is 107 cm³/mol. The molecule has 0 atom stereocenters. The maximum absolute atomic E-state index is 14.2. The first-order valence-electron chi connectivity index (χ1n) is 9.53. The molecule has 152 valence electrons. The number of hydrogen-bond acceptors (Lipinski definition) is 5. The van der Waals surface area contributed by atoms with Crippen LogP contribution in [0.4, 0.5) is 14.6 Å². The van der Waals surface area contributed by atoms with Gasteiger partial charge in [-0.05, 0) is 30.3 Å². The lowest BCUT2D eigenvalue weighted by Crippen LogP contribution is -2.36. The molecule has 9 heteroatoms. The summed E-state index contributed by atoms with van der Waals surface area (Å²) in [6, 6.07) is 9.85. The van der Waals surface area contributed by atoms with Crippen molar-refractivity contribution >= 4 is 5.82 Å². The van der Waals surface area contributed by atoms with E-state index in [2.05, 4.69) is 25.1 Å². The highest BCUT2D eigenvalue weighted by atomic mass is 19.2. The molecule has 1 N–H and O–H groups in total. The molecule has 1 fully saturated rings. The van der Waals surface area contributed by atoms with Crippen LogP contribution in [0, 0.1) is 11.6 Å². The third-order valence-corrected chi connectivity index (χ3v) is 5.07. The van der Waals surface area contributed by atoms with Gasteiger partial charge in [-0.25, -0.2) is 13.8 Å². The first-order chi connectivity index (χ1) is 14.7. The molecule has 1 aliphatic heterocycles. The van der Waals surface area contributed by atoms with Crippen molar-refractivity contribution in [1.29, 1.82) is 0 Å². The number of nitrogens with zero attached hydrogens (tertiary/aromatic N) is 5. The number of nitrogens with one attached hydrogen (secondary N) is 1. The van der Waals surface area contributed by atoms with Crippen LogP contribution in [0.25, 0.3) is 28.3 Å². The summed E-state index contributed by atoms with van der Waals surface area (Å²) >= 11 is 0. The average molecular weight is 408 g/mol. The summed E-state index contributed by atoms with van der Waals surface area (Å²) in [5.41, 5.74) is 2.49. The minimum atomic E-state index is -0.947. The molecule has 0 saturated carbocycles. The monoisotopic (exact) mass is 408 g/mol. The Morgan fingerprint density at radius 3 is 2.70 bits per heavy atom. The Bertz CT molecular complexity index is 1160.